The van der Waals surface area contributed by atoms with Gasteiger partial charge in [-0.25, -0.2) is 4.79 Å². The van der Waals surface area contributed by atoms with E-state index in [1.165, 1.54) is 6.92 Å². The molecule has 0 fully saturated rings. The van der Waals surface area contributed by atoms with E-state index in [4.69, 9.17) is 9.47 Å². The van der Waals surface area contributed by atoms with Crippen LogP contribution in [-0.4, -0.2) is 22.5 Å². The number of carbonyl (C=O) groups excluding carboxylic acids is 2. The first-order valence-corrected chi connectivity index (χ1v) is 9.56. The van der Waals surface area contributed by atoms with Gasteiger partial charge in [-0.2, -0.15) is 0 Å². The molecule has 0 saturated carbocycles. The number of aromatic nitrogens is 1. The normalized spacial score (nSPS) is 10.9. The average molecular weight is 404 g/mol. The van der Waals surface area contributed by atoms with Crippen LogP contribution in [0.1, 0.15) is 38.2 Å². The Labute approximate surface area is 175 Å². The number of anilines is 1. The second-order valence-corrected chi connectivity index (χ2v) is 7.71. The summed E-state index contributed by atoms with van der Waals surface area (Å²) >= 11 is 0. The second-order valence-electron chi connectivity index (χ2n) is 7.71. The van der Waals surface area contributed by atoms with Crippen molar-refractivity contribution in [2.24, 2.45) is 0 Å². The second kappa shape index (κ2) is 8.78. The fourth-order valence-electron chi connectivity index (χ4n) is 2.85. The fraction of sp³-hybridized carbons (Fsp3) is 0.208. The SMILES string of the molecule is CC(=O)c1ncccc1-c1ccc(NC(=O)OC(C)(C)C)cc1Oc1ccccc1. The molecule has 3 rings (SSSR count). The first-order valence-electron chi connectivity index (χ1n) is 9.56. The van der Waals surface area contributed by atoms with Crippen molar-refractivity contribution in [1.82, 2.24) is 4.98 Å². The number of pyridine rings is 1. The number of para-hydroxylation sites is 1. The van der Waals surface area contributed by atoms with Gasteiger partial charge in [0.15, 0.2) is 5.78 Å². The predicted molar refractivity (Wildman–Crippen MR) is 116 cm³/mol. The number of nitrogens with one attached hydrogen (secondary N) is 1. The predicted octanol–water partition coefficient (Wildman–Crippen LogP) is 6.09. The fourth-order valence-corrected chi connectivity index (χ4v) is 2.85. The Morgan fingerprint density at radius 3 is 2.33 bits per heavy atom. The lowest BCUT2D eigenvalue weighted by Crippen LogP contribution is -2.27. The summed E-state index contributed by atoms with van der Waals surface area (Å²) in [5.74, 6) is 0.957. The smallest absolute Gasteiger partial charge is 0.412 e. The van der Waals surface area contributed by atoms with Crippen LogP contribution in [0.5, 0.6) is 11.5 Å². The Morgan fingerprint density at radius 2 is 1.67 bits per heavy atom. The number of amides is 1. The number of Topliss-reactive ketones (excluding diaryl/α,β-unsaturated/α-hetero) is 1. The first kappa shape index (κ1) is 21.0. The number of ketones is 1. The van der Waals surface area contributed by atoms with Gasteiger partial charge >= 0.3 is 6.09 Å². The van der Waals surface area contributed by atoms with Gasteiger partial charge in [0, 0.05) is 36.0 Å². The molecular weight excluding hydrogens is 380 g/mol. The number of carbonyl (C=O) groups is 2. The highest BCUT2D eigenvalue weighted by Crippen LogP contribution is 2.37. The van der Waals surface area contributed by atoms with Crippen LogP contribution >= 0.6 is 0 Å². The topological polar surface area (TPSA) is 77.5 Å². The van der Waals surface area contributed by atoms with Crippen molar-refractivity contribution in [3.05, 3.63) is 72.6 Å². The molecule has 1 N–H and O–H groups in total. The zero-order chi connectivity index (χ0) is 21.7. The molecule has 6 heteroatoms. The van der Waals surface area contributed by atoms with E-state index in [0.29, 0.717) is 34.0 Å². The Kier molecular flexibility index (Phi) is 6.16. The van der Waals surface area contributed by atoms with Crippen LogP contribution in [0.4, 0.5) is 10.5 Å². The maximum atomic E-state index is 12.2. The minimum Gasteiger partial charge on any atom is -0.457 e. The molecule has 0 bridgehead atoms. The number of benzene rings is 2. The van der Waals surface area contributed by atoms with Crippen molar-refractivity contribution in [1.29, 1.82) is 0 Å². The molecule has 1 heterocycles. The molecule has 1 aromatic heterocycles. The molecule has 0 saturated heterocycles. The molecule has 6 nitrogen and oxygen atoms in total. The van der Waals surface area contributed by atoms with Gasteiger partial charge in [0.2, 0.25) is 0 Å². The van der Waals surface area contributed by atoms with Crippen LogP contribution in [0, 0.1) is 0 Å². The minimum atomic E-state index is -0.612. The number of rotatable bonds is 5. The molecule has 154 valence electrons. The summed E-state index contributed by atoms with van der Waals surface area (Å²) in [7, 11) is 0. The maximum Gasteiger partial charge on any atom is 0.412 e. The summed E-state index contributed by atoms with van der Waals surface area (Å²) in [5, 5.41) is 2.72. The van der Waals surface area contributed by atoms with Crippen molar-refractivity contribution >= 4 is 17.6 Å². The van der Waals surface area contributed by atoms with Crippen LogP contribution in [0.25, 0.3) is 11.1 Å². The van der Waals surface area contributed by atoms with Crippen molar-refractivity contribution in [3.8, 4) is 22.6 Å². The third kappa shape index (κ3) is 5.44. The summed E-state index contributed by atoms with van der Waals surface area (Å²) < 4.78 is 11.4. The molecule has 0 aliphatic heterocycles. The highest BCUT2D eigenvalue weighted by Gasteiger charge is 2.19. The molecule has 0 radical (unpaired) electrons. The number of hydrogen-bond acceptors (Lipinski definition) is 5. The van der Waals surface area contributed by atoms with Crippen LogP contribution in [0.15, 0.2) is 66.9 Å². The van der Waals surface area contributed by atoms with Gasteiger partial charge in [0.05, 0.1) is 0 Å². The molecule has 0 aliphatic rings. The zero-order valence-electron chi connectivity index (χ0n) is 17.4. The summed E-state index contributed by atoms with van der Waals surface area (Å²) in [4.78, 5) is 28.5. The van der Waals surface area contributed by atoms with Crippen LogP contribution in [-0.2, 0) is 4.74 Å². The summed E-state index contributed by atoms with van der Waals surface area (Å²) in [6, 6.07) is 18.1. The van der Waals surface area contributed by atoms with Crippen molar-refractivity contribution in [2.75, 3.05) is 5.32 Å². The molecule has 0 spiro atoms. The van der Waals surface area contributed by atoms with E-state index in [9.17, 15) is 9.59 Å². The summed E-state index contributed by atoms with van der Waals surface area (Å²) in [5.41, 5.74) is 1.58. The van der Waals surface area contributed by atoms with Crippen molar-refractivity contribution in [3.63, 3.8) is 0 Å². The molecular formula is C24H24N2O4. The van der Waals surface area contributed by atoms with Gasteiger partial charge in [0.25, 0.3) is 0 Å². The Hall–Kier alpha value is -3.67. The summed E-state index contributed by atoms with van der Waals surface area (Å²) in [6.07, 6.45) is 1.02. The van der Waals surface area contributed by atoms with Gasteiger partial charge in [0.1, 0.15) is 22.8 Å². The monoisotopic (exact) mass is 404 g/mol. The highest BCUT2D eigenvalue weighted by atomic mass is 16.6. The largest absolute Gasteiger partial charge is 0.457 e. The quantitative estimate of drug-likeness (QED) is 0.521. The van der Waals surface area contributed by atoms with E-state index >= 15 is 0 Å². The Bertz CT molecular complexity index is 1060. The van der Waals surface area contributed by atoms with Crippen LogP contribution in [0.2, 0.25) is 0 Å². The van der Waals surface area contributed by atoms with E-state index in [0.717, 1.165) is 0 Å². The van der Waals surface area contributed by atoms with E-state index < -0.39 is 11.7 Å². The lowest BCUT2D eigenvalue weighted by atomic mass is 10.0. The lowest BCUT2D eigenvalue weighted by molar-refractivity contribution is 0.0635. The molecule has 1 amide bonds. The first-order chi connectivity index (χ1) is 14.2. The van der Waals surface area contributed by atoms with Crippen LogP contribution < -0.4 is 10.1 Å². The zero-order valence-corrected chi connectivity index (χ0v) is 17.4. The minimum absolute atomic E-state index is 0.146. The Balaban J connectivity index is 2.02. The van der Waals surface area contributed by atoms with Crippen LogP contribution in [0.3, 0.4) is 0 Å². The van der Waals surface area contributed by atoms with Crippen molar-refractivity contribution in [2.45, 2.75) is 33.3 Å². The third-order valence-electron chi connectivity index (χ3n) is 4.03. The maximum absolute atomic E-state index is 12.2. The molecule has 0 atom stereocenters. The van der Waals surface area contributed by atoms with E-state index in [2.05, 4.69) is 10.3 Å². The molecule has 0 unspecified atom stereocenters. The van der Waals surface area contributed by atoms with Gasteiger partial charge in [-0.3, -0.25) is 15.1 Å². The third-order valence-corrected chi connectivity index (χ3v) is 4.03. The highest BCUT2D eigenvalue weighted by molar-refractivity contribution is 6.00. The molecule has 0 aliphatic carbocycles. The van der Waals surface area contributed by atoms with Gasteiger partial charge in [-0.15, -0.1) is 0 Å². The average Bonchev–Trinajstić information content (AvgIpc) is 2.67. The molecule has 3 aromatic rings. The van der Waals surface area contributed by atoms with Gasteiger partial charge in [-0.05, 0) is 51.1 Å². The van der Waals surface area contributed by atoms with Gasteiger partial charge in [-0.1, -0.05) is 24.3 Å². The summed E-state index contributed by atoms with van der Waals surface area (Å²) in [6.45, 7) is 6.87. The number of hydrogen-bond donors (Lipinski definition) is 1. The molecule has 30 heavy (non-hydrogen) atoms. The van der Waals surface area contributed by atoms with Crippen molar-refractivity contribution < 1.29 is 19.1 Å². The molecule has 2 aromatic carbocycles. The number of nitrogens with zero attached hydrogens (tertiary/aromatic N) is 1. The Morgan fingerprint density at radius 1 is 0.933 bits per heavy atom. The van der Waals surface area contributed by atoms with E-state index in [1.54, 1.807) is 51.2 Å². The van der Waals surface area contributed by atoms with E-state index in [1.807, 2.05) is 36.4 Å². The lowest BCUT2D eigenvalue weighted by Gasteiger charge is -2.20. The van der Waals surface area contributed by atoms with Gasteiger partial charge < -0.3 is 9.47 Å². The standard InChI is InChI=1S/C24H24N2O4/c1-16(27)22-20(11-8-14-25-22)19-13-12-17(26-23(28)30-24(2,3)4)15-21(19)29-18-9-6-5-7-10-18/h5-15H,1-4H3,(H,26,28). The van der Waals surface area contributed by atoms with E-state index in [-0.39, 0.29) is 5.78 Å². The number of ether oxygens (including phenoxy) is 2.